The summed E-state index contributed by atoms with van der Waals surface area (Å²) in [5.74, 6) is 0.865. The zero-order chi connectivity index (χ0) is 13.9. The number of benzene rings is 1. The molecule has 106 valence electrons. The van der Waals surface area contributed by atoms with Crippen molar-refractivity contribution in [2.45, 2.75) is 38.8 Å². The zero-order valence-corrected chi connectivity index (χ0v) is 11.9. The molecule has 2 N–H and O–H groups in total. The van der Waals surface area contributed by atoms with Crippen LogP contribution in [-0.4, -0.2) is 16.7 Å². The van der Waals surface area contributed by atoms with Crippen LogP contribution in [0.1, 0.15) is 35.4 Å². The van der Waals surface area contributed by atoms with E-state index in [9.17, 15) is 0 Å². The van der Waals surface area contributed by atoms with Crippen LogP contribution < -0.4 is 10.5 Å². The first-order valence-electron chi connectivity index (χ1n) is 7.20. The SMILES string of the molecule is COc1ccc(Cn2cnc3c2CCCC3)cc1CN. The van der Waals surface area contributed by atoms with Crippen LogP contribution >= 0.6 is 0 Å². The summed E-state index contributed by atoms with van der Waals surface area (Å²) < 4.78 is 7.59. The summed E-state index contributed by atoms with van der Waals surface area (Å²) in [6.45, 7) is 1.36. The quantitative estimate of drug-likeness (QED) is 0.928. The van der Waals surface area contributed by atoms with E-state index in [-0.39, 0.29) is 0 Å². The maximum atomic E-state index is 5.78. The number of fused-ring (bicyclic) bond motifs is 1. The molecule has 0 atom stereocenters. The smallest absolute Gasteiger partial charge is 0.123 e. The highest BCUT2D eigenvalue weighted by molar-refractivity contribution is 5.37. The lowest BCUT2D eigenvalue weighted by Crippen LogP contribution is -2.09. The summed E-state index contributed by atoms with van der Waals surface area (Å²) in [5.41, 5.74) is 10.8. The monoisotopic (exact) mass is 271 g/mol. The number of imidazole rings is 1. The fourth-order valence-electron chi connectivity index (χ4n) is 2.95. The Labute approximate surface area is 119 Å². The number of ether oxygens (including phenoxy) is 1. The van der Waals surface area contributed by atoms with Crippen LogP contribution in [0.5, 0.6) is 5.75 Å². The van der Waals surface area contributed by atoms with Crippen LogP contribution in [0.25, 0.3) is 0 Å². The maximum Gasteiger partial charge on any atom is 0.123 e. The van der Waals surface area contributed by atoms with Crippen LogP contribution in [0, 0.1) is 0 Å². The molecule has 2 aromatic rings. The van der Waals surface area contributed by atoms with Gasteiger partial charge in [-0.25, -0.2) is 4.98 Å². The first kappa shape index (κ1) is 13.2. The number of aromatic nitrogens is 2. The lowest BCUT2D eigenvalue weighted by molar-refractivity contribution is 0.409. The van der Waals surface area contributed by atoms with E-state index < -0.39 is 0 Å². The Morgan fingerprint density at radius 2 is 2.15 bits per heavy atom. The molecular weight excluding hydrogens is 250 g/mol. The summed E-state index contributed by atoms with van der Waals surface area (Å²) in [6, 6.07) is 6.24. The van der Waals surface area contributed by atoms with Gasteiger partial charge in [-0.1, -0.05) is 6.07 Å². The van der Waals surface area contributed by atoms with Crippen molar-refractivity contribution in [2.75, 3.05) is 7.11 Å². The molecule has 1 aliphatic rings. The predicted molar refractivity (Wildman–Crippen MR) is 78.9 cm³/mol. The van der Waals surface area contributed by atoms with Crippen molar-refractivity contribution in [3.63, 3.8) is 0 Å². The first-order valence-corrected chi connectivity index (χ1v) is 7.20. The maximum absolute atomic E-state index is 5.78. The van der Waals surface area contributed by atoms with Crippen LogP contribution in [-0.2, 0) is 25.9 Å². The summed E-state index contributed by atoms with van der Waals surface area (Å²) >= 11 is 0. The molecule has 1 aliphatic carbocycles. The molecule has 4 heteroatoms. The Bertz CT molecular complexity index is 604. The highest BCUT2D eigenvalue weighted by Crippen LogP contribution is 2.23. The molecular formula is C16H21N3O. The molecule has 0 unspecified atom stereocenters. The predicted octanol–water partition coefficient (Wildman–Crippen LogP) is 2.28. The summed E-state index contributed by atoms with van der Waals surface area (Å²) in [6.07, 6.45) is 6.79. The van der Waals surface area contributed by atoms with Gasteiger partial charge in [0, 0.05) is 24.3 Å². The normalized spacial score (nSPS) is 14.1. The molecule has 1 heterocycles. The molecule has 0 bridgehead atoms. The molecule has 0 fully saturated rings. The van der Waals surface area contributed by atoms with Crippen LogP contribution in [0.3, 0.4) is 0 Å². The molecule has 1 aromatic heterocycles. The van der Waals surface area contributed by atoms with Gasteiger partial charge in [-0.3, -0.25) is 0 Å². The number of methoxy groups -OCH3 is 1. The van der Waals surface area contributed by atoms with Crippen LogP contribution in [0.4, 0.5) is 0 Å². The summed E-state index contributed by atoms with van der Waals surface area (Å²) in [7, 11) is 1.68. The molecule has 1 aromatic carbocycles. The van der Waals surface area contributed by atoms with Gasteiger partial charge in [0.1, 0.15) is 5.75 Å². The third-order valence-corrected chi connectivity index (χ3v) is 4.03. The average Bonchev–Trinajstić information content (AvgIpc) is 2.90. The lowest BCUT2D eigenvalue weighted by atomic mass is 10.0. The molecule has 0 radical (unpaired) electrons. The second-order valence-electron chi connectivity index (χ2n) is 5.32. The Morgan fingerprint density at radius 1 is 1.30 bits per heavy atom. The van der Waals surface area contributed by atoms with Crippen molar-refractivity contribution in [1.82, 2.24) is 9.55 Å². The van der Waals surface area contributed by atoms with Gasteiger partial charge < -0.3 is 15.0 Å². The number of hydrogen-bond donors (Lipinski definition) is 1. The van der Waals surface area contributed by atoms with E-state index in [1.165, 1.54) is 29.8 Å². The highest BCUT2D eigenvalue weighted by atomic mass is 16.5. The number of hydrogen-bond acceptors (Lipinski definition) is 3. The molecule has 0 saturated carbocycles. The number of rotatable bonds is 4. The minimum atomic E-state index is 0.499. The standard InChI is InChI=1S/C16H21N3O/c1-20-16-7-6-12(8-13(16)9-17)10-19-11-18-14-4-2-3-5-15(14)19/h6-8,11H,2-5,9-10,17H2,1H3. The van der Waals surface area contributed by atoms with E-state index in [4.69, 9.17) is 10.5 Å². The van der Waals surface area contributed by atoms with Crippen LogP contribution in [0.15, 0.2) is 24.5 Å². The third kappa shape index (κ3) is 2.43. The molecule has 20 heavy (non-hydrogen) atoms. The van der Waals surface area contributed by atoms with Gasteiger partial charge in [-0.2, -0.15) is 0 Å². The van der Waals surface area contributed by atoms with Gasteiger partial charge in [0.15, 0.2) is 0 Å². The van der Waals surface area contributed by atoms with Gasteiger partial charge in [0.2, 0.25) is 0 Å². The fourth-order valence-corrected chi connectivity index (χ4v) is 2.95. The minimum absolute atomic E-state index is 0.499. The minimum Gasteiger partial charge on any atom is -0.496 e. The van der Waals surface area contributed by atoms with Gasteiger partial charge in [0.05, 0.1) is 19.1 Å². The highest BCUT2D eigenvalue weighted by Gasteiger charge is 2.15. The van der Waals surface area contributed by atoms with E-state index in [2.05, 4.69) is 21.7 Å². The Morgan fingerprint density at radius 3 is 2.95 bits per heavy atom. The number of nitrogens with two attached hydrogens (primary N) is 1. The van der Waals surface area contributed by atoms with Crippen molar-refractivity contribution < 1.29 is 4.74 Å². The summed E-state index contributed by atoms with van der Waals surface area (Å²) in [4.78, 5) is 4.54. The van der Waals surface area contributed by atoms with Gasteiger partial charge in [-0.15, -0.1) is 0 Å². The fraction of sp³-hybridized carbons (Fsp3) is 0.438. The zero-order valence-electron chi connectivity index (χ0n) is 11.9. The second kappa shape index (κ2) is 5.67. The average molecular weight is 271 g/mol. The van der Waals surface area contributed by atoms with E-state index in [1.807, 2.05) is 12.4 Å². The molecule has 3 rings (SSSR count). The van der Waals surface area contributed by atoms with Crippen molar-refractivity contribution in [3.8, 4) is 5.75 Å². The van der Waals surface area contributed by atoms with Gasteiger partial charge >= 0.3 is 0 Å². The largest absolute Gasteiger partial charge is 0.496 e. The molecule has 0 saturated heterocycles. The Kier molecular flexibility index (Phi) is 3.74. The first-order chi connectivity index (χ1) is 9.81. The van der Waals surface area contributed by atoms with E-state index in [0.717, 1.165) is 30.7 Å². The summed E-state index contributed by atoms with van der Waals surface area (Å²) in [5, 5.41) is 0. The topological polar surface area (TPSA) is 53.1 Å². The Hall–Kier alpha value is -1.81. The molecule has 0 amide bonds. The third-order valence-electron chi connectivity index (χ3n) is 4.03. The van der Waals surface area contributed by atoms with E-state index in [0.29, 0.717) is 6.54 Å². The van der Waals surface area contributed by atoms with Crippen LogP contribution in [0.2, 0.25) is 0 Å². The molecule has 4 nitrogen and oxygen atoms in total. The van der Waals surface area contributed by atoms with Crippen molar-refractivity contribution in [1.29, 1.82) is 0 Å². The number of aryl methyl sites for hydroxylation is 1. The van der Waals surface area contributed by atoms with Gasteiger partial charge in [0.25, 0.3) is 0 Å². The van der Waals surface area contributed by atoms with Crippen molar-refractivity contribution in [2.24, 2.45) is 5.73 Å². The lowest BCUT2D eigenvalue weighted by Gasteiger charge is -2.15. The second-order valence-corrected chi connectivity index (χ2v) is 5.32. The van der Waals surface area contributed by atoms with Gasteiger partial charge in [-0.05, 0) is 43.4 Å². The Balaban J connectivity index is 1.86. The van der Waals surface area contributed by atoms with Crippen molar-refractivity contribution >= 4 is 0 Å². The molecule has 0 aliphatic heterocycles. The van der Waals surface area contributed by atoms with E-state index >= 15 is 0 Å². The van der Waals surface area contributed by atoms with Crippen molar-refractivity contribution in [3.05, 3.63) is 47.0 Å². The number of nitrogens with zero attached hydrogens (tertiary/aromatic N) is 2. The van der Waals surface area contributed by atoms with E-state index in [1.54, 1.807) is 7.11 Å². The molecule has 0 spiro atoms.